The first-order valence-corrected chi connectivity index (χ1v) is 7.55. The molecule has 112 valence electrons. The molecular formula is C14H12F4NOS+. The van der Waals surface area contributed by atoms with Crippen LogP contribution in [0.1, 0.15) is 22.2 Å². The zero-order valence-electron chi connectivity index (χ0n) is 11.0. The Morgan fingerprint density at radius 1 is 1.24 bits per heavy atom. The maximum atomic E-state index is 13.6. The fourth-order valence-electron chi connectivity index (χ4n) is 1.92. The largest absolute Gasteiger partial charge is 0.424 e. The van der Waals surface area contributed by atoms with Crippen LogP contribution in [0.25, 0.3) is 0 Å². The van der Waals surface area contributed by atoms with Gasteiger partial charge in [0.2, 0.25) is 0 Å². The van der Waals surface area contributed by atoms with E-state index < -0.39 is 38.8 Å². The van der Waals surface area contributed by atoms with Gasteiger partial charge in [-0.1, -0.05) is 18.2 Å². The van der Waals surface area contributed by atoms with Crippen molar-refractivity contribution in [2.75, 3.05) is 5.32 Å². The summed E-state index contributed by atoms with van der Waals surface area (Å²) >= 11 is 0. The Hall–Kier alpha value is -1.89. The van der Waals surface area contributed by atoms with E-state index in [2.05, 4.69) is 5.32 Å². The number of hydrogen-bond acceptors (Lipinski definition) is 1. The summed E-state index contributed by atoms with van der Waals surface area (Å²) in [5, 5.41) is 3.26. The number of para-hydroxylation sites is 1. The number of halogens is 4. The van der Waals surface area contributed by atoms with Crippen LogP contribution >= 0.6 is 10.5 Å². The summed E-state index contributed by atoms with van der Waals surface area (Å²) in [6, 6.07) is 8.09. The predicted molar refractivity (Wildman–Crippen MR) is 74.0 cm³/mol. The predicted octanol–water partition coefficient (Wildman–Crippen LogP) is 4.87. The summed E-state index contributed by atoms with van der Waals surface area (Å²) in [4.78, 5) is 11.6. The Labute approximate surface area is 121 Å². The fourth-order valence-corrected chi connectivity index (χ4v) is 3.62. The molecule has 2 aromatic rings. The molecule has 2 rings (SSSR count). The van der Waals surface area contributed by atoms with Crippen LogP contribution in [0.3, 0.4) is 0 Å². The molecule has 0 saturated heterocycles. The van der Waals surface area contributed by atoms with E-state index in [1.165, 1.54) is 0 Å². The van der Waals surface area contributed by atoms with E-state index >= 15 is 0 Å². The maximum absolute atomic E-state index is 13.6. The van der Waals surface area contributed by atoms with E-state index in [1.807, 2.05) is 0 Å². The van der Waals surface area contributed by atoms with Gasteiger partial charge in [0.1, 0.15) is 5.75 Å². The minimum Gasteiger partial charge on any atom is -0.318 e. The summed E-state index contributed by atoms with van der Waals surface area (Å²) in [7, 11) is -1.17. The van der Waals surface area contributed by atoms with Crippen molar-refractivity contribution in [3.05, 3.63) is 52.0 Å². The molecule has 0 bridgehead atoms. The Morgan fingerprint density at radius 2 is 1.86 bits per heavy atom. The van der Waals surface area contributed by atoms with Gasteiger partial charge in [-0.3, -0.25) is 4.79 Å². The third kappa shape index (κ3) is 3.24. The molecule has 0 spiro atoms. The third-order valence-electron chi connectivity index (χ3n) is 2.81. The molecular weight excluding hydrogens is 306 g/mol. The SMILES string of the molecule is CC[s+]1cc(F)c(C(F)(F)F)c1C(=O)Nc1ccccc1. The normalized spacial score (nSPS) is 12.3. The number of carbonyl (C=O) groups is 1. The molecule has 0 radical (unpaired) electrons. The van der Waals surface area contributed by atoms with Gasteiger partial charge >= 0.3 is 12.1 Å². The second-order valence-corrected chi connectivity index (χ2v) is 6.28. The number of carbonyl (C=O) groups excluding carboxylic acids is 1. The van der Waals surface area contributed by atoms with Gasteiger partial charge in [-0.05, 0) is 29.5 Å². The Balaban J connectivity index is 2.45. The van der Waals surface area contributed by atoms with Gasteiger partial charge in [-0.25, -0.2) is 4.39 Å². The molecule has 0 aliphatic rings. The summed E-state index contributed by atoms with van der Waals surface area (Å²) < 4.78 is 52.4. The number of benzene rings is 1. The monoisotopic (exact) mass is 318 g/mol. The van der Waals surface area contributed by atoms with Crippen molar-refractivity contribution in [1.29, 1.82) is 0 Å². The quantitative estimate of drug-likeness (QED) is 0.635. The number of alkyl halides is 3. The summed E-state index contributed by atoms with van der Waals surface area (Å²) in [5.41, 5.74) is -1.09. The van der Waals surface area contributed by atoms with Gasteiger partial charge in [0.15, 0.2) is 16.8 Å². The Morgan fingerprint density at radius 3 is 2.38 bits per heavy atom. The summed E-state index contributed by atoms with van der Waals surface area (Å²) in [5.74, 6) is -2.04. The van der Waals surface area contributed by atoms with Crippen molar-refractivity contribution in [3.8, 4) is 0 Å². The number of nitrogens with one attached hydrogen (secondary N) is 1. The number of anilines is 1. The molecule has 1 heterocycles. The topological polar surface area (TPSA) is 29.1 Å². The van der Waals surface area contributed by atoms with Crippen LogP contribution in [0.5, 0.6) is 0 Å². The molecule has 1 aromatic heterocycles. The molecule has 0 aliphatic heterocycles. The van der Waals surface area contributed by atoms with Gasteiger partial charge in [0.05, 0.1) is 0 Å². The molecule has 7 heteroatoms. The maximum Gasteiger partial charge on any atom is 0.424 e. The lowest BCUT2D eigenvalue weighted by Gasteiger charge is -2.06. The van der Waals surface area contributed by atoms with Crippen molar-refractivity contribution >= 4 is 22.1 Å². The highest BCUT2D eigenvalue weighted by atomic mass is 32.2. The van der Waals surface area contributed by atoms with Crippen LogP contribution in [0.4, 0.5) is 23.2 Å². The van der Waals surface area contributed by atoms with E-state index in [1.54, 1.807) is 37.3 Å². The van der Waals surface area contributed by atoms with Crippen LogP contribution in [0, 0.1) is 5.82 Å². The molecule has 0 aliphatic carbocycles. The third-order valence-corrected chi connectivity index (χ3v) is 4.83. The van der Waals surface area contributed by atoms with Crippen LogP contribution in [0.15, 0.2) is 35.7 Å². The first-order valence-electron chi connectivity index (χ1n) is 6.10. The standard InChI is InChI=1S/C14H11F4NOS/c1-2-21-8-10(15)11(14(16,17)18)12(21)13(20)19-9-6-4-3-5-7-9/h3-8H,2H2,1H3/p+1. The van der Waals surface area contributed by atoms with Gasteiger partial charge < -0.3 is 5.32 Å². The highest BCUT2D eigenvalue weighted by molar-refractivity contribution is 7.31. The molecule has 1 unspecified atom stereocenters. The molecule has 0 fully saturated rings. The van der Waals surface area contributed by atoms with Gasteiger partial charge in [-0.15, -0.1) is 0 Å². The van der Waals surface area contributed by atoms with Crippen molar-refractivity contribution in [3.63, 3.8) is 0 Å². The molecule has 1 amide bonds. The first kappa shape index (κ1) is 15.5. The van der Waals surface area contributed by atoms with Crippen LogP contribution < -0.4 is 5.32 Å². The highest BCUT2D eigenvalue weighted by Crippen LogP contribution is 2.42. The Kier molecular flexibility index (Phi) is 4.32. The second-order valence-electron chi connectivity index (χ2n) is 4.21. The average Bonchev–Trinajstić information content (AvgIpc) is 2.76. The lowest BCUT2D eigenvalue weighted by atomic mass is 10.2. The van der Waals surface area contributed by atoms with Crippen molar-refractivity contribution in [2.24, 2.45) is 0 Å². The van der Waals surface area contributed by atoms with Crippen LogP contribution in [0.2, 0.25) is 0 Å². The van der Waals surface area contributed by atoms with Gasteiger partial charge in [0, 0.05) is 5.69 Å². The molecule has 0 saturated carbocycles. The lowest BCUT2D eigenvalue weighted by Crippen LogP contribution is -2.18. The Bertz CT molecular complexity index is 649. The second kappa shape index (κ2) is 5.85. The number of aryl methyl sites for hydroxylation is 1. The molecule has 1 aromatic carbocycles. The van der Waals surface area contributed by atoms with Gasteiger partial charge in [0.25, 0.3) is 4.88 Å². The minimum atomic E-state index is -4.89. The van der Waals surface area contributed by atoms with E-state index in [9.17, 15) is 22.4 Å². The first-order chi connectivity index (χ1) is 9.84. The lowest BCUT2D eigenvalue weighted by molar-refractivity contribution is -0.139. The number of hydrogen-bond donors (Lipinski definition) is 1. The van der Waals surface area contributed by atoms with Crippen LogP contribution in [-0.2, 0) is 11.9 Å². The summed E-state index contributed by atoms with van der Waals surface area (Å²) in [6.07, 6.45) is -4.89. The van der Waals surface area contributed by atoms with E-state index in [-0.39, 0.29) is 5.75 Å². The zero-order chi connectivity index (χ0) is 15.6. The number of amides is 1. The van der Waals surface area contributed by atoms with Crippen molar-refractivity contribution in [1.82, 2.24) is 0 Å². The summed E-state index contributed by atoms with van der Waals surface area (Å²) in [6.45, 7) is 1.61. The van der Waals surface area contributed by atoms with Crippen molar-refractivity contribution in [2.45, 2.75) is 18.9 Å². The average molecular weight is 318 g/mol. The molecule has 2 nitrogen and oxygen atoms in total. The highest BCUT2D eigenvalue weighted by Gasteiger charge is 2.46. The molecule has 1 atom stereocenters. The van der Waals surface area contributed by atoms with Crippen LogP contribution in [-0.4, -0.2) is 5.91 Å². The van der Waals surface area contributed by atoms with Crippen molar-refractivity contribution < 1.29 is 22.4 Å². The van der Waals surface area contributed by atoms with E-state index in [4.69, 9.17) is 0 Å². The zero-order valence-corrected chi connectivity index (χ0v) is 11.8. The van der Waals surface area contributed by atoms with Gasteiger partial charge in [-0.2, -0.15) is 13.2 Å². The van der Waals surface area contributed by atoms with E-state index in [0.717, 1.165) is 5.38 Å². The van der Waals surface area contributed by atoms with E-state index in [0.29, 0.717) is 5.69 Å². The number of thiophene rings is 1. The smallest absolute Gasteiger partial charge is 0.318 e. The molecule has 21 heavy (non-hydrogen) atoms. The molecule has 1 N–H and O–H groups in total. The minimum absolute atomic E-state index is 0.241. The fraction of sp³-hybridized carbons (Fsp3) is 0.214. The number of rotatable bonds is 3.